The van der Waals surface area contributed by atoms with Crippen molar-refractivity contribution < 1.29 is 0 Å². The molecule has 107 valence electrons. The molecule has 6 heteroatoms. The Morgan fingerprint density at radius 1 is 1.38 bits per heavy atom. The van der Waals surface area contributed by atoms with Crippen molar-refractivity contribution in [2.45, 2.75) is 45.1 Å². The minimum absolute atomic E-state index is 0.302. The van der Waals surface area contributed by atoms with Crippen molar-refractivity contribution in [2.24, 2.45) is 0 Å². The van der Waals surface area contributed by atoms with Crippen LogP contribution in [0.2, 0.25) is 5.02 Å². The van der Waals surface area contributed by atoms with Crippen molar-refractivity contribution in [2.75, 3.05) is 0 Å². The van der Waals surface area contributed by atoms with Gasteiger partial charge in [0.1, 0.15) is 11.1 Å². The summed E-state index contributed by atoms with van der Waals surface area (Å²) in [6, 6.07) is 2.28. The summed E-state index contributed by atoms with van der Waals surface area (Å²) in [5, 5.41) is 19.2. The third kappa shape index (κ3) is 1.90. The van der Waals surface area contributed by atoms with E-state index in [-0.39, 0.29) is 0 Å². The van der Waals surface area contributed by atoms with E-state index >= 15 is 0 Å². The minimum atomic E-state index is 0.302. The first-order chi connectivity index (χ1) is 10.2. The summed E-state index contributed by atoms with van der Waals surface area (Å²) in [6.07, 6.45) is 6.41. The van der Waals surface area contributed by atoms with Crippen LogP contribution in [0.1, 0.15) is 47.8 Å². The van der Waals surface area contributed by atoms with E-state index in [1.54, 1.807) is 4.68 Å². The van der Waals surface area contributed by atoms with Crippen LogP contribution in [0.3, 0.4) is 0 Å². The molecular formula is C15H15ClN5. The van der Waals surface area contributed by atoms with Crippen molar-refractivity contribution in [3.8, 4) is 11.9 Å². The van der Waals surface area contributed by atoms with E-state index in [9.17, 15) is 5.26 Å². The lowest BCUT2D eigenvalue weighted by Crippen LogP contribution is -2.11. The van der Waals surface area contributed by atoms with E-state index in [4.69, 9.17) is 11.6 Å². The SMILES string of the molecule is Cc1nn(-c2nn3c(c2Cl)CCCC3)c(C2[CH]C2)c1C#N. The zero-order valence-corrected chi connectivity index (χ0v) is 12.6. The van der Waals surface area contributed by atoms with Gasteiger partial charge in [-0.2, -0.15) is 15.5 Å². The number of halogens is 1. The first-order valence-electron chi connectivity index (χ1n) is 7.29. The van der Waals surface area contributed by atoms with E-state index in [2.05, 4.69) is 22.7 Å². The van der Waals surface area contributed by atoms with E-state index in [0.717, 1.165) is 49.3 Å². The standard InChI is InChI=1S/C15H15ClN5/c1-9-11(8-17)14(10-5-6-10)21(18-9)15-13(16)12-4-2-3-7-20(12)19-15/h5,10H,2-4,6-7H2,1H3. The fourth-order valence-electron chi connectivity index (χ4n) is 3.05. The number of hydrogen-bond donors (Lipinski definition) is 0. The summed E-state index contributed by atoms with van der Waals surface area (Å²) in [4.78, 5) is 0. The van der Waals surface area contributed by atoms with Crippen LogP contribution >= 0.6 is 11.6 Å². The molecule has 1 saturated carbocycles. The Labute approximate surface area is 128 Å². The maximum atomic E-state index is 9.39. The third-order valence-corrected chi connectivity index (χ3v) is 4.63. The van der Waals surface area contributed by atoms with Gasteiger partial charge in [-0.05, 0) is 39.0 Å². The molecule has 1 radical (unpaired) electrons. The van der Waals surface area contributed by atoms with Crippen molar-refractivity contribution in [3.63, 3.8) is 0 Å². The Balaban J connectivity index is 1.91. The van der Waals surface area contributed by atoms with Crippen LogP contribution < -0.4 is 0 Å². The van der Waals surface area contributed by atoms with E-state index in [1.807, 2.05) is 11.6 Å². The molecule has 1 unspecified atom stereocenters. The largest absolute Gasteiger partial charge is 0.266 e. The first kappa shape index (κ1) is 12.9. The summed E-state index contributed by atoms with van der Waals surface area (Å²) < 4.78 is 3.78. The molecule has 0 aromatic carbocycles. The fraction of sp³-hybridized carbons (Fsp3) is 0.467. The predicted molar refractivity (Wildman–Crippen MR) is 78.4 cm³/mol. The van der Waals surface area contributed by atoms with Crippen LogP contribution in [0, 0.1) is 24.7 Å². The van der Waals surface area contributed by atoms with E-state index in [1.165, 1.54) is 0 Å². The van der Waals surface area contributed by atoms with Crippen LogP contribution in [0.25, 0.3) is 5.82 Å². The molecule has 0 bridgehead atoms. The average molecular weight is 301 g/mol. The van der Waals surface area contributed by atoms with E-state index < -0.39 is 0 Å². The van der Waals surface area contributed by atoms with Gasteiger partial charge in [-0.25, -0.2) is 4.68 Å². The van der Waals surface area contributed by atoms with Crippen LogP contribution in [0.4, 0.5) is 0 Å². The van der Waals surface area contributed by atoms with Crippen molar-refractivity contribution in [1.29, 1.82) is 5.26 Å². The Morgan fingerprint density at radius 3 is 2.86 bits per heavy atom. The van der Waals surface area contributed by atoms with Crippen molar-refractivity contribution in [1.82, 2.24) is 19.6 Å². The number of nitriles is 1. The second-order valence-corrected chi connectivity index (χ2v) is 6.09. The van der Waals surface area contributed by atoms with Gasteiger partial charge < -0.3 is 0 Å². The van der Waals surface area contributed by atoms with Gasteiger partial charge in [-0.3, -0.25) is 4.68 Å². The van der Waals surface area contributed by atoms with Gasteiger partial charge in [0.05, 0.1) is 22.6 Å². The molecule has 1 aliphatic heterocycles. The molecule has 1 atom stereocenters. The summed E-state index contributed by atoms with van der Waals surface area (Å²) in [5.74, 6) is 0.976. The highest BCUT2D eigenvalue weighted by atomic mass is 35.5. The molecule has 2 aliphatic rings. The fourth-order valence-corrected chi connectivity index (χ4v) is 3.36. The van der Waals surface area contributed by atoms with Gasteiger partial charge in [0.15, 0.2) is 5.82 Å². The smallest absolute Gasteiger partial charge is 0.194 e. The highest BCUT2D eigenvalue weighted by molar-refractivity contribution is 6.32. The molecule has 2 aromatic rings. The molecule has 4 rings (SSSR count). The van der Waals surface area contributed by atoms with Crippen LogP contribution in [0.5, 0.6) is 0 Å². The molecular weight excluding hydrogens is 286 g/mol. The molecule has 1 fully saturated rings. The van der Waals surface area contributed by atoms with Gasteiger partial charge in [-0.15, -0.1) is 0 Å². The Kier molecular flexibility index (Phi) is 2.83. The Hall–Kier alpha value is -1.80. The van der Waals surface area contributed by atoms with Crippen molar-refractivity contribution in [3.05, 3.63) is 34.1 Å². The second kappa shape index (κ2) is 4.60. The summed E-state index contributed by atoms with van der Waals surface area (Å²) >= 11 is 6.54. The Bertz CT molecular complexity index is 760. The molecule has 0 N–H and O–H groups in total. The normalized spacial score (nSPS) is 17.6. The lowest BCUT2D eigenvalue weighted by molar-refractivity contribution is 0.484. The molecule has 0 saturated heterocycles. The third-order valence-electron chi connectivity index (χ3n) is 4.24. The first-order valence-corrected chi connectivity index (χ1v) is 7.67. The zero-order valence-electron chi connectivity index (χ0n) is 11.8. The number of aromatic nitrogens is 4. The number of hydrogen-bond acceptors (Lipinski definition) is 3. The van der Waals surface area contributed by atoms with Gasteiger partial charge in [0, 0.05) is 12.5 Å². The quantitative estimate of drug-likeness (QED) is 0.857. The zero-order chi connectivity index (χ0) is 14.6. The lowest BCUT2D eigenvalue weighted by Gasteiger charge is -2.12. The second-order valence-electron chi connectivity index (χ2n) is 5.71. The van der Waals surface area contributed by atoms with Gasteiger partial charge >= 0.3 is 0 Å². The molecule has 1 aliphatic carbocycles. The predicted octanol–water partition coefficient (Wildman–Crippen LogP) is 2.93. The number of rotatable bonds is 2. The van der Waals surface area contributed by atoms with Gasteiger partial charge in [0.25, 0.3) is 0 Å². The molecule has 0 spiro atoms. The maximum absolute atomic E-state index is 9.39. The van der Waals surface area contributed by atoms with Gasteiger partial charge in [-0.1, -0.05) is 11.6 Å². The number of fused-ring (bicyclic) bond motifs is 1. The lowest BCUT2D eigenvalue weighted by atomic mass is 10.1. The maximum Gasteiger partial charge on any atom is 0.194 e. The molecule has 2 aromatic heterocycles. The molecule has 5 nitrogen and oxygen atoms in total. The van der Waals surface area contributed by atoms with E-state index in [0.29, 0.717) is 22.3 Å². The molecule has 0 amide bonds. The van der Waals surface area contributed by atoms with Crippen LogP contribution in [-0.2, 0) is 13.0 Å². The van der Waals surface area contributed by atoms with Crippen molar-refractivity contribution >= 4 is 11.6 Å². The number of aryl methyl sites for hydroxylation is 2. The topological polar surface area (TPSA) is 59.4 Å². The minimum Gasteiger partial charge on any atom is -0.266 e. The number of nitrogens with zero attached hydrogens (tertiary/aromatic N) is 5. The average Bonchev–Trinajstić information content (AvgIpc) is 3.20. The highest BCUT2D eigenvalue weighted by Crippen LogP contribution is 2.42. The summed E-state index contributed by atoms with van der Waals surface area (Å²) in [6.45, 7) is 2.77. The summed E-state index contributed by atoms with van der Waals surface area (Å²) in [5.41, 5.74) is 3.44. The van der Waals surface area contributed by atoms with Crippen LogP contribution in [-0.4, -0.2) is 19.6 Å². The van der Waals surface area contributed by atoms with Crippen LogP contribution in [0.15, 0.2) is 0 Å². The highest BCUT2D eigenvalue weighted by Gasteiger charge is 2.34. The molecule has 3 heterocycles. The summed E-state index contributed by atoms with van der Waals surface area (Å²) in [7, 11) is 0. The Morgan fingerprint density at radius 2 is 2.19 bits per heavy atom. The van der Waals surface area contributed by atoms with Gasteiger partial charge in [0.2, 0.25) is 0 Å². The monoisotopic (exact) mass is 300 g/mol. The molecule has 21 heavy (non-hydrogen) atoms.